The lowest BCUT2D eigenvalue weighted by Gasteiger charge is -2.20. The lowest BCUT2D eigenvalue weighted by molar-refractivity contribution is -0.137. The molecule has 0 aliphatic rings. The van der Waals surface area contributed by atoms with Crippen LogP contribution < -0.4 is 10.1 Å². The second kappa shape index (κ2) is 7.64. The van der Waals surface area contributed by atoms with E-state index in [4.69, 9.17) is 9.84 Å². The van der Waals surface area contributed by atoms with Crippen molar-refractivity contribution in [1.82, 2.24) is 5.32 Å². The van der Waals surface area contributed by atoms with Crippen molar-refractivity contribution < 1.29 is 19.4 Å². The zero-order chi connectivity index (χ0) is 17.7. The molecule has 1 unspecified atom stereocenters. The maximum Gasteiger partial charge on any atom is 0.305 e. The van der Waals surface area contributed by atoms with Crippen molar-refractivity contribution in [2.75, 3.05) is 7.11 Å². The van der Waals surface area contributed by atoms with Gasteiger partial charge in [-0.15, -0.1) is 0 Å². The standard InChI is InChI=1S/C19H21NO4/c1-12-6-4-5-7-15(12)16(11-18(21)22)20-19(23)14-9-8-13(2)17(10-14)24-3/h4-10,16H,11H2,1-3H3,(H,20,23)(H,21,22). The third-order valence-electron chi connectivity index (χ3n) is 3.92. The van der Waals surface area contributed by atoms with Crippen LogP contribution in [0.4, 0.5) is 0 Å². The number of nitrogens with one attached hydrogen (secondary N) is 1. The highest BCUT2D eigenvalue weighted by Gasteiger charge is 2.20. The van der Waals surface area contributed by atoms with Gasteiger partial charge in [0.15, 0.2) is 0 Å². The number of aryl methyl sites for hydroxylation is 2. The monoisotopic (exact) mass is 327 g/mol. The molecule has 1 amide bonds. The second-order valence-corrected chi connectivity index (χ2v) is 5.66. The van der Waals surface area contributed by atoms with E-state index in [-0.39, 0.29) is 12.3 Å². The minimum Gasteiger partial charge on any atom is -0.496 e. The Hall–Kier alpha value is -2.82. The van der Waals surface area contributed by atoms with E-state index in [0.29, 0.717) is 11.3 Å². The Balaban J connectivity index is 2.28. The number of hydrogen-bond acceptors (Lipinski definition) is 3. The lowest BCUT2D eigenvalue weighted by atomic mass is 9.98. The predicted octanol–water partition coefficient (Wildman–Crippen LogP) is 3.26. The number of amides is 1. The number of methoxy groups -OCH3 is 1. The summed E-state index contributed by atoms with van der Waals surface area (Å²) in [5, 5.41) is 12.0. The first-order chi connectivity index (χ1) is 11.4. The maximum atomic E-state index is 12.5. The minimum absolute atomic E-state index is 0.181. The van der Waals surface area contributed by atoms with Crippen molar-refractivity contribution in [2.24, 2.45) is 0 Å². The van der Waals surface area contributed by atoms with E-state index in [1.165, 1.54) is 0 Å². The summed E-state index contributed by atoms with van der Waals surface area (Å²) in [6.07, 6.45) is -0.181. The molecule has 0 radical (unpaired) electrons. The molecular formula is C19H21NO4. The van der Waals surface area contributed by atoms with Crippen LogP contribution >= 0.6 is 0 Å². The van der Waals surface area contributed by atoms with Crippen LogP contribution in [0, 0.1) is 13.8 Å². The summed E-state index contributed by atoms with van der Waals surface area (Å²) in [6, 6.07) is 12.0. The Morgan fingerprint density at radius 2 is 1.83 bits per heavy atom. The van der Waals surface area contributed by atoms with E-state index in [9.17, 15) is 9.59 Å². The van der Waals surface area contributed by atoms with Crippen LogP contribution in [0.25, 0.3) is 0 Å². The molecule has 0 heterocycles. The molecule has 2 aromatic rings. The van der Waals surface area contributed by atoms with Gasteiger partial charge in [0.2, 0.25) is 0 Å². The molecular weight excluding hydrogens is 306 g/mol. The Morgan fingerprint density at radius 3 is 2.46 bits per heavy atom. The molecule has 0 saturated carbocycles. The lowest BCUT2D eigenvalue weighted by Crippen LogP contribution is -2.30. The first-order valence-corrected chi connectivity index (χ1v) is 7.65. The summed E-state index contributed by atoms with van der Waals surface area (Å²) >= 11 is 0. The Morgan fingerprint density at radius 1 is 1.12 bits per heavy atom. The molecule has 126 valence electrons. The molecule has 0 fully saturated rings. The van der Waals surface area contributed by atoms with E-state index in [1.54, 1.807) is 25.3 Å². The topological polar surface area (TPSA) is 75.6 Å². The number of hydrogen-bond donors (Lipinski definition) is 2. The average molecular weight is 327 g/mol. The number of aliphatic carboxylic acids is 1. The van der Waals surface area contributed by atoms with Crippen LogP contribution in [0.1, 0.15) is 39.5 Å². The number of carboxylic acids is 1. The molecule has 1 atom stereocenters. The van der Waals surface area contributed by atoms with Crippen LogP contribution in [-0.2, 0) is 4.79 Å². The van der Waals surface area contributed by atoms with Crippen molar-refractivity contribution >= 4 is 11.9 Å². The fourth-order valence-corrected chi connectivity index (χ4v) is 2.59. The molecule has 0 saturated heterocycles. The van der Waals surface area contributed by atoms with Crippen molar-refractivity contribution in [3.63, 3.8) is 0 Å². The van der Waals surface area contributed by atoms with Crippen molar-refractivity contribution in [3.05, 3.63) is 64.7 Å². The van der Waals surface area contributed by atoms with Crippen LogP contribution in [0.5, 0.6) is 5.75 Å². The van der Waals surface area contributed by atoms with Crippen molar-refractivity contribution in [3.8, 4) is 5.75 Å². The number of carbonyl (C=O) groups excluding carboxylic acids is 1. The van der Waals surface area contributed by atoms with Gasteiger partial charge in [-0.3, -0.25) is 9.59 Å². The molecule has 0 aliphatic heterocycles. The van der Waals surface area contributed by atoms with E-state index in [2.05, 4.69) is 5.32 Å². The third kappa shape index (κ3) is 4.13. The molecule has 2 aromatic carbocycles. The molecule has 5 nitrogen and oxygen atoms in total. The van der Waals surface area contributed by atoms with Crippen LogP contribution in [-0.4, -0.2) is 24.1 Å². The van der Waals surface area contributed by atoms with Gasteiger partial charge < -0.3 is 15.2 Å². The van der Waals surface area contributed by atoms with Gasteiger partial charge in [0, 0.05) is 5.56 Å². The molecule has 2 N–H and O–H groups in total. The van der Waals surface area contributed by atoms with Gasteiger partial charge >= 0.3 is 5.97 Å². The van der Waals surface area contributed by atoms with E-state index < -0.39 is 12.0 Å². The Bertz CT molecular complexity index is 755. The van der Waals surface area contributed by atoms with E-state index >= 15 is 0 Å². The highest BCUT2D eigenvalue weighted by molar-refractivity contribution is 5.95. The highest BCUT2D eigenvalue weighted by Crippen LogP contribution is 2.23. The SMILES string of the molecule is COc1cc(C(=O)NC(CC(=O)O)c2ccccc2C)ccc1C. The predicted molar refractivity (Wildman–Crippen MR) is 91.4 cm³/mol. The highest BCUT2D eigenvalue weighted by atomic mass is 16.5. The normalized spacial score (nSPS) is 11.6. The average Bonchev–Trinajstić information content (AvgIpc) is 2.54. The fourth-order valence-electron chi connectivity index (χ4n) is 2.59. The molecule has 0 spiro atoms. The van der Waals surface area contributed by atoms with Crippen molar-refractivity contribution in [1.29, 1.82) is 0 Å². The molecule has 5 heteroatoms. The number of rotatable bonds is 6. The smallest absolute Gasteiger partial charge is 0.305 e. The second-order valence-electron chi connectivity index (χ2n) is 5.66. The van der Waals surface area contributed by atoms with Crippen molar-refractivity contribution in [2.45, 2.75) is 26.3 Å². The van der Waals surface area contributed by atoms with Gasteiger partial charge in [-0.05, 0) is 42.7 Å². The zero-order valence-corrected chi connectivity index (χ0v) is 14.0. The largest absolute Gasteiger partial charge is 0.496 e. The van der Waals surface area contributed by atoms with Crippen LogP contribution in [0.3, 0.4) is 0 Å². The Kier molecular flexibility index (Phi) is 5.58. The number of carbonyl (C=O) groups is 2. The summed E-state index contributed by atoms with van der Waals surface area (Å²) < 4.78 is 5.23. The Labute approximate surface area is 141 Å². The van der Waals surface area contributed by atoms with E-state index in [1.807, 2.05) is 38.1 Å². The van der Waals surface area contributed by atoms with Gasteiger partial charge in [0.1, 0.15) is 5.75 Å². The fraction of sp³-hybridized carbons (Fsp3) is 0.263. The van der Waals surface area contributed by atoms with Crippen LogP contribution in [0.2, 0.25) is 0 Å². The molecule has 0 aromatic heterocycles. The van der Waals surface area contributed by atoms with Gasteiger partial charge in [-0.1, -0.05) is 30.3 Å². The van der Waals surface area contributed by atoms with Gasteiger partial charge in [0.25, 0.3) is 5.91 Å². The van der Waals surface area contributed by atoms with Gasteiger partial charge in [-0.2, -0.15) is 0 Å². The molecule has 0 aliphatic carbocycles. The van der Waals surface area contributed by atoms with E-state index in [0.717, 1.165) is 16.7 Å². The molecule has 2 rings (SSSR count). The van der Waals surface area contributed by atoms with Gasteiger partial charge in [-0.25, -0.2) is 0 Å². The number of benzene rings is 2. The maximum absolute atomic E-state index is 12.5. The third-order valence-corrected chi connectivity index (χ3v) is 3.92. The summed E-state index contributed by atoms with van der Waals surface area (Å²) in [6.45, 7) is 3.78. The number of carboxylic acid groups (broad SMARTS) is 1. The summed E-state index contributed by atoms with van der Waals surface area (Å²) in [7, 11) is 1.55. The number of ether oxygens (including phenoxy) is 1. The molecule has 0 bridgehead atoms. The minimum atomic E-state index is -0.968. The summed E-state index contributed by atoms with van der Waals surface area (Å²) in [5.74, 6) is -0.679. The summed E-state index contributed by atoms with van der Waals surface area (Å²) in [4.78, 5) is 23.7. The van der Waals surface area contributed by atoms with Crippen LogP contribution in [0.15, 0.2) is 42.5 Å². The molecule has 24 heavy (non-hydrogen) atoms. The van der Waals surface area contributed by atoms with Gasteiger partial charge in [0.05, 0.1) is 19.6 Å². The first kappa shape index (κ1) is 17.5. The zero-order valence-electron chi connectivity index (χ0n) is 14.0. The first-order valence-electron chi connectivity index (χ1n) is 7.65. The quantitative estimate of drug-likeness (QED) is 0.854. The summed E-state index contributed by atoms with van der Waals surface area (Å²) in [5.41, 5.74) is 3.09.